The Kier molecular flexibility index (Phi) is 3.72. The molecule has 1 aliphatic carbocycles. The lowest BCUT2D eigenvalue weighted by Gasteiger charge is -2.17. The van der Waals surface area contributed by atoms with E-state index >= 15 is 0 Å². The second kappa shape index (κ2) is 5.90. The van der Waals surface area contributed by atoms with Crippen LogP contribution in [0.3, 0.4) is 0 Å². The lowest BCUT2D eigenvalue weighted by molar-refractivity contribution is 0.0456. The fraction of sp³-hybridized carbons (Fsp3) is 0.353. The molecule has 0 saturated heterocycles. The molecule has 3 aromatic heterocycles. The average molecular weight is 343 g/mol. The van der Waals surface area contributed by atoms with Crippen molar-refractivity contribution in [3.63, 3.8) is 0 Å². The number of carbonyl (C=O) groups is 1. The number of H-pyrrole nitrogens is 2. The first-order chi connectivity index (χ1) is 11.6. The standard InChI is InChI=1S/C17H17N3O3S/c1-9-4-5-10-12(7-9)24-16-14(10)15(21)19-13(20-16)8-23-17(22)11-3-2-6-18-11/h2-3,6,9,18H,4-5,7-8H2,1H3,(H,19,20,21)/t9-/m1/s1. The summed E-state index contributed by atoms with van der Waals surface area (Å²) in [5, 5.41) is 0.710. The first-order valence-corrected chi connectivity index (χ1v) is 8.77. The molecular formula is C17H17N3O3S. The molecule has 4 rings (SSSR count). The maximum atomic E-state index is 12.5. The average Bonchev–Trinajstić information content (AvgIpc) is 3.19. The molecule has 0 spiro atoms. The molecule has 3 heterocycles. The zero-order valence-corrected chi connectivity index (χ0v) is 14.0. The van der Waals surface area contributed by atoms with Crippen molar-refractivity contribution >= 4 is 27.5 Å². The quantitative estimate of drug-likeness (QED) is 0.716. The summed E-state index contributed by atoms with van der Waals surface area (Å²) in [5.74, 6) is 0.548. The molecule has 0 aliphatic heterocycles. The zero-order valence-electron chi connectivity index (χ0n) is 13.2. The normalized spacial score (nSPS) is 17.0. The van der Waals surface area contributed by atoms with Gasteiger partial charge in [0.05, 0.1) is 5.39 Å². The van der Waals surface area contributed by atoms with Gasteiger partial charge in [-0.05, 0) is 42.9 Å². The highest BCUT2D eigenvalue weighted by Crippen LogP contribution is 2.35. The number of aromatic amines is 2. The Labute approximate surface area is 141 Å². The lowest BCUT2D eigenvalue weighted by atomic mass is 9.89. The van der Waals surface area contributed by atoms with Crippen molar-refractivity contribution in [2.75, 3.05) is 0 Å². The van der Waals surface area contributed by atoms with Crippen molar-refractivity contribution < 1.29 is 9.53 Å². The van der Waals surface area contributed by atoms with Crippen molar-refractivity contribution in [2.45, 2.75) is 32.8 Å². The first kappa shape index (κ1) is 15.1. The van der Waals surface area contributed by atoms with E-state index in [0.29, 0.717) is 22.8 Å². The predicted octanol–water partition coefficient (Wildman–Crippen LogP) is 2.79. The van der Waals surface area contributed by atoms with E-state index in [9.17, 15) is 9.59 Å². The minimum absolute atomic E-state index is 0.0536. The second-order valence-corrected chi connectivity index (χ2v) is 7.29. The molecule has 24 heavy (non-hydrogen) atoms. The second-order valence-electron chi connectivity index (χ2n) is 6.20. The van der Waals surface area contributed by atoms with Gasteiger partial charge in [-0.1, -0.05) is 6.92 Å². The summed E-state index contributed by atoms with van der Waals surface area (Å²) < 4.78 is 5.20. The van der Waals surface area contributed by atoms with Crippen molar-refractivity contribution in [1.29, 1.82) is 0 Å². The Morgan fingerprint density at radius 3 is 3.17 bits per heavy atom. The summed E-state index contributed by atoms with van der Waals surface area (Å²) in [5.41, 5.74) is 1.38. The van der Waals surface area contributed by atoms with Gasteiger partial charge in [-0.2, -0.15) is 0 Å². The molecule has 3 aromatic rings. The Balaban J connectivity index is 1.61. The molecule has 0 bridgehead atoms. The van der Waals surface area contributed by atoms with Gasteiger partial charge in [-0.25, -0.2) is 9.78 Å². The highest BCUT2D eigenvalue weighted by molar-refractivity contribution is 7.18. The van der Waals surface area contributed by atoms with E-state index in [1.54, 1.807) is 29.7 Å². The van der Waals surface area contributed by atoms with Crippen LogP contribution in [0.5, 0.6) is 0 Å². The largest absolute Gasteiger partial charge is 0.453 e. The number of hydrogen-bond donors (Lipinski definition) is 2. The summed E-state index contributed by atoms with van der Waals surface area (Å²) in [4.78, 5) is 36.3. The van der Waals surface area contributed by atoms with Crippen LogP contribution in [0, 0.1) is 5.92 Å². The molecule has 0 fully saturated rings. The van der Waals surface area contributed by atoms with Gasteiger partial charge in [-0.3, -0.25) is 4.79 Å². The Morgan fingerprint density at radius 1 is 1.50 bits per heavy atom. The number of esters is 1. The zero-order chi connectivity index (χ0) is 16.7. The van der Waals surface area contributed by atoms with Crippen LogP contribution in [0.2, 0.25) is 0 Å². The summed E-state index contributed by atoms with van der Waals surface area (Å²) in [6.45, 7) is 2.18. The van der Waals surface area contributed by atoms with Gasteiger partial charge in [0.25, 0.3) is 5.56 Å². The van der Waals surface area contributed by atoms with Crippen LogP contribution in [0.15, 0.2) is 23.1 Å². The van der Waals surface area contributed by atoms with E-state index in [-0.39, 0.29) is 12.2 Å². The minimum Gasteiger partial charge on any atom is -0.453 e. The summed E-state index contributed by atoms with van der Waals surface area (Å²) >= 11 is 1.59. The van der Waals surface area contributed by atoms with E-state index in [1.165, 1.54) is 4.88 Å². The fourth-order valence-electron chi connectivity index (χ4n) is 3.13. The first-order valence-electron chi connectivity index (χ1n) is 7.96. The minimum atomic E-state index is -0.470. The number of fused-ring (bicyclic) bond motifs is 3. The lowest BCUT2D eigenvalue weighted by Crippen LogP contribution is -2.16. The summed E-state index contributed by atoms with van der Waals surface area (Å²) in [6, 6.07) is 3.36. The molecule has 0 amide bonds. The molecule has 6 nitrogen and oxygen atoms in total. The third-order valence-corrected chi connectivity index (χ3v) is 5.52. The van der Waals surface area contributed by atoms with E-state index < -0.39 is 5.97 Å². The molecule has 0 aromatic carbocycles. The SMILES string of the molecule is C[C@@H]1CCc2c(sc3nc(COC(=O)c4ccc[nH]4)[nH]c(=O)c23)C1. The number of hydrogen-bond acceptors (Lipinski definition) is 5. The van der Waals surface area contributed by atoms with Gasteiger partial charge in [0.1, 0.15) is 23.0 Å². The van der Waals surface area contributed by atoms with Crippen molar-refractivity contribution in [3.05, 3.63) is 50.6 Å². The maximum absolute atomic E-state index is 12.5. The topological polar surface area (TPSA) is 87.8 Å². The van der Waals surface area contributed by atoms with Gasteiger partial charge in [0.15, 0.2) is 0 Å². The highest BCUT2D eigenvalue weighted by atomic mass is 32.1. The van der Waals surface area contributed by atoms with E-state index in [2.05, 4.69) is 21.9 Å². The van der Waals surface area contributed by atoms with Crippen LogP contribution in [-0.2, 0) is 24.2 Å². The number of aromatic nitrogens is 3. The van der Waals surface area contributed by atoms with Crippen LogP contribution in [0.1, 0.15) is 40.1 Å². The van der Waals surface area contributed by atoms with Crippen LogP contribution in [0.4, 0.5) is 0 Å². The number of ether oxygens (including phenoxy) is 1. The van der Waals surface area contributed by atoms with E-state index in [1.807, 2.05) is 0 Å². The number of thiophene rings is 1. The smallest absolute Gasteiger partial charge is 0.355 e. The number of rotatable bonds is 3. The van der Waals surface area contributed by atoms with Gasteiger partial charge >= 0.3 is 5.97 Å². The van der Waals surface area contributed by atoms with Crippen LogP contribution < -0.4 is 5.56 Å². The van der Waals surface area contributed by atoms with Gasteiger partial charge < -0.3 is 14.7 Å². The van der Waals surface area contributed by atoms with Crippen molar-refractivity contribution in [2.24, 2.45) is 5.92 Å². The monoisotopic (exact) mass is 343 g/mol. The Hall–Kier alpha value is -2.41. The predicted molar refractivity (Wildman–Crippen MR) is 91.3 cm³/mol. The van der Waals surface area contributed by atoms with E-state index in [0.717, 1.165) is 29.7 Å². The van der Waals surface area contributed by atoms with Crippen molar-refractivity contribution in [3.8, 4) is 0 Å². The Bertz CT molecular complexity index is 956. The van der Waals surface area contributed by atoms with Gasteiger partial charge in [0.2, 0.25) is 0 Å². The molecule has 1 aliphatic rings. The molecule has 0 saturated carbocycles. The molecule has 7 heteroatoms. The number of nitrogens with one attached hydrogen (secondary N) is 2. The van der Waals surface area contributed by atoms with Crippen LogP contribution in [0.25, 0.3) is 10.2 Å². The number of nitrogens with zero attached hydrogens (tertiary/aromatic N) is 1. The van der Waals surface area contributed by atoms with Gasteiger partial charge in [0, 0.05) is 11.1 Å². The summed E-state index contributed by atoms with van der Waals surface area (Å²) in [6.07, 6.45) is 4.70. The Morgan fingerprint density at radius 2 is 2.38 bits per heavy atom. The molecule has 2 N–H and O–H groups in total. The third kappa shape index (κ3) is 2.65. The number of aryl methyl sites for hydroxylation is 1. The molecule has 0 radical (unpaired) electrons. The van der Waals surface area contributed by atoms with Gasteiger partial charge in [-0.15, -0.1) is 11.3 Å². The third-order valence-electron chi connectivity index (χ3n) is 4.37. The molecule has 1 atom stereocenters. The summed E-state index contributed by atoms with van der Waals surface area (Å²) in [7, 11) is 0. The molecular weight excluding hydrogens is 326 g/mol. The van der Waals surface area contributed by atoms with Crippen LogP contribution >= 0.6 is 11.3 Å². The number of carbonyl (C=O) groups excluding carboxylic acids is 1. The van der Waals surface area contributed by atoms with Crippen LogP contribution in [-0.4, -0.2) is 20.9 Å². The molecule has 0 unspecified atom stereocenters. The molecule has 124 valence electrons. The fourth-order valence-corrected chi connectivity index (χ4v) is 4.53. The maximum Gasteiger partial charge on any atom is 0.355 e. The van der Waals surface area contributed by atoms with E-state index in [4.69, 9.17) is 4.74 Å². The highest BCUT2D eigenvalue weighted by Gasteiger charge is 2.23. The van der Waals surface area contributed by atoms with Crippen molar-refractivity contribution in [1.82, 2.24) is 15.0 Å².